The molecule has 0 unspecified atom stereocenters. The number of aryl methyl sites for hydroxylation is 2. The molecule has 0 saturated carbocycles. The zero-order valence-corrected chi connectivity index (χ0v) is 15.1. The standard InChI is InChI=1S/C18H22N4O2S/c1-2-13-5-3-4-6-16(13)24-15-11-22(12-15)17(23)19-9-14-10-21-7-8-25-18(21)20-14/h3-6,10,15H,2,7-9,11-12H2,1H3,(H,19,23). The number of urea groups is 1. The largest absolute Gasteiger partial charge is 0.486 e. The van der Waals surface area contributed by atoms with Crippen LogP contribution in [0, 0.1) is 0 Å². The molecule has 2 amide bonds. The van der Waals surface area contributed by atoms with E-state index in [1.54, 1.807) is 16.7 Å². The van der Waals surface area contributed by atoms with Crippen LogP contribution in [0.25, 0.3) is 0 Å². The highest BCUT2D eigenvalue weighted by Crippen LogP contribution is 2.25. The highest BCUT2D eigenvalue weighted by Gasteiger charge is 2.32. The Morgan fingerprint density at radius 1 is 1.40 bits per heavy atom. The van der Waals surface area contributed by atoms with Gasteiger partial charge in [-0.05, 0) is 18.1 Å². The van der Waals surface area contributed by atoms with E-state index in [1.807, 2.05) is 24.4 Å². The fourth-order valence-corrected chi connectivity index (χ4v) is 4.06. The van der Waals surface area contributed by atoms with Crippen molar-refractivity contribution in [2.24, 2.45) is 0 Å². The Kier molecular flexibility index (Phi) is 4.57. The second-order valence-electron chi connectivity index (χ2n) is 6.32. The molecular weight excluding hydrogens is 336 g/mol. The maximum atomic E-state index is 12.2. The minimum Gasteiger partial charge on any atom is -0.486 e. The van der Waals surface area contributed by atoms with E-state index in [4.69, 9.17) is 4.74 Å². The number of carbonyl (C=O) groups is 1. The van der Waals surface area contributed by atoms with Crippen LogP contribution < -0.4 is 10.1 Å². The van der Waals surface area contributed by atoms with Crippen LogP contribution in [0.4, 0.5) is 4.79 Å². The predicted molar refractivity (Wildman–Crippen MR) is 97.0 cm³/mol. The van der Waals surface area contributed by atoms with Crippen LogP contribution in [-0.2, 0) is 19.5 Å². The molecule has 1 saturated heterocycles. The fraction of sp³-hybridized carbons (Fsp3) is 0.444. The summed E-state index contributed by atoms with van der Waals surface area (Å²) in [7, 11) is 0. The number of hydrogen-bond donors (Lipinski definition) is 1. The van der Waals surface area contributed by atoms with Gasteiger partial charge >= 0.3 is 6.03 Å². The first-order valence-electron chi connectivity index (χ1n) is 8.69. The summed E-state index contributed by atoms with van der Waals surface area (Å²) in [6.07, 6.45) is 3.05. The molecule has 1 fully saturated rings. The molecule has 1 aromatic carbocycles. The minimum atomic E-state index is -0.0514. The number of rotatable bonds is 5. The molecule has 2 aromatic rings. The Morgan fingerprint density at radius 3 is 3.04 bits per heavy atom. The van der Waals surface area contributed by atoms with Gasteiger partial charge in [-0.15, -0.1) is 0 Å². The lowest BCUT2D eigenvalue weighted by atomic mass is 10.1. The molecule has 25 heavy (non-hydrogen) atoms. The van der Waals surface area contributed by atoms with Crippen molar-refractivity contribution in [1.29, 1.82) is 0 Å². The molecule has 0 bridgehead atoms. The average Bonchev–Trinajstić information content (AvgIpc) is 3.17. The number of carbonyl (C=O) groups excluding carboxylic acids is 1. The van der Waals surface area contributed by atoms with E-state index in [0.29, 0.717) is 19.6 Å². The van der Waals surface area contributed by atoms with Crippen LogP contribution in [0.15, 0.2) is 35.6 Å². The lowest BCUT2D eigenvalue weighted by Gasteiger charge is -2.39. The molecule has 4 rings (SSSR count). The number of ether oxygens (including phenoxy) is 1. The normalized spacial score (nSPS) is 16.4. The lowest BCUT2D eigenvalue weighted by Crippen LogP contribution is -2.58. The number of likely N-dealkylation sites (tertiary alicyclic amines) is 1. The fourth-order valence-electron chi connectivity index (χ4n) is 3.09. The average molecular weight is 358 g/mol. The molecule has 1 aromatic heterocycles. The van der Waals surface area contributed by atoms with E-state index >= 15 is 0 Å². The highest BCUT2D eigenvalue weighted by molar-refractivity contribution is 7.99. The second-order valence-corrected chi connectivity index (χ2v) is 7.38. The predicted octanol–water partition coefficient (Wildman–Crippen LogP) is 2.52. The smallest absolute Gasteiger partial charge is 0.317 e. The number of nitrogens with zero attached hydrogens (tertiary/aromatic N) is 3. The van der Waals surface area contributed by atoms with Gasteiger partial charge in [-0.1, -0.05) is 36.9 Å². The van der Waals surface area contributed by atoms with E-state index in [-0.39, 0.29) is 12.1 Å². The lowest BCUT2D eigenvalue weighted by molar-refractivity contribution is 0.0437. The van der Waals surface area contributed by atoms with E-state index in [9.17, 15) is 4.79 Å². The molecule has 3 heterocycles. The first-order chi connectivity index (χ1) is 12.2. The van der Waals surface area contributed by atoms with Gasteiger partial charge < -0.3 is 19.5 Å². The number of hydrogen-bond acceptors (Lipinski definition) is 4. The van der Waals surface area contributed by atoms with Gasteiger partial charge in [0.1, 0.15) is 11.9 Å². The summed E-state index contributed by atoms with van der Waals surface area (Å²) in [5, 5.41) is 4.00. The summed E-state index contributed by atoms with van der Waals surface area (Å²) in [4.78, 5) is 18.5. The Labute approximate surface area is 151 Å². The van der Waals surface area contributed by atoms with E-state index in [2.05, 4.69) is 27.9 Å². The third kappa shape index (κ3) is 3.46. The molecule has 0 radical (unpaired) electrons. The molecule has 0 spiro atoms. The van der Waals surface area contributed by atoms with Gasteiger partial charge in [0.15, 0.2) is 5.16 Å². The highest BCUT2D eigenvalue weighted by atomic mass is 32.2. The van der Waals surface area contributed by atoms with Crippen molar-refractivity contribution in [2.45, 2.75) is 37.7 Å². The first kappa shape index (κ1) is 16.3. The number of para-hydroxylation sites is 1. The summed E-state index contributed by atoms with van der Waals surface area (Å²) in [5.41, 5.74) is 2.12. The number of thioether (sulfide) groups is 1. The molecular formula is C18H22N4O2S. The number of nitrogens with one attached hydrogen (secondary N) is 1. The maximum absolute atomic E-state index is 12.2. The Hall–Kier alpha value is -2.15. The van der Waals surface area contributed by atoms with Crippen molar-refractivity contribution in [2.75, 3.05) is 18.8 Å². The van der Waals surface area contributed by atoms with E-state index in [0.717, 1.165) is 35.3 Å². The van der Waals surface area contributed by atoms with Gasteiger partial charge in [0.25, 0.3) is 0 Å². The van der Waals surface area contributed by atoms with Gasteiger partial charge in [-0.2, -0.15) is 0 Å². The number of aromatic nitrogens is 2. The van der Waals surface area contributed by atoms with E-state index < -0.39 is 0 Å². The Balaban J connectivity index is 1.23. The zero-order valence-electron chi connectivity index (χ0n) is 14.3. The Bertz CT molecular complexity index is 749. The first-order valence-corrected chi connectivity index (χ1v) is 9.67. The summed E-state index contributed by atoms with van der Waals surface area (Å²) >= 11 is 1.76. The Morgan fingerprint density at radius 2 is 2.24 bits per heavy atom. The van der Waals surface area contributed by atoms with Crippen LogP contribution in [0.2, 0.25) is 0 Å². The number of imidazole rings is 1. The molecule has 0 atom stereocenters. The van der Waals surface area contributed by atoms with Crippen molar-refractivity contribution >= 4 is 17.8 Å². The van der Waals surface area contributed by atoms with Crippen molar-refractivity contribution in [3.63, 3.8) is 0 Å². The topological polar surface area (TPSA) is 59.4 Å². The minimum absolute atomic E-state index is 0.0514. The molecule has 0 aliphatic carbocycles. The van der Waals surface area contributed by atoms with Crippen molar-refractivity contribution in [3.05, 3.63) is 41.7 Å². The summed E-state index contributed by atoms with van der Waals surface area (Å²) in [6.45, 7) is 4.84. The van der Waals surface area contributed by atoms with Gasteiger partial charge in [-0.25, -0.2) is 9.78 Å². The van der Waals surface area contributed by atoms with Crippen molar-refractivity contribution in [1.82, 2.24) is 19.8 Å². The van der Waals surface area contributed by atoms with E-state index in [1.165, 1.54) is 5.56 Å². The van der Waals surface area contributed by atoms with Crippen molar-refractivity contribution < 1.29 is 9.53 Å². The van der Waals surface area contributed by atoms with Gasteiger partial charge in [0, 0.05) is 18.5 Å². The molecule has 6 nitrogen and oxygen atoms in total. The summed E-state index contributed by atoms with van der Waals surface area (Å²) in [6, 6.07) is 8.04. The zero-order chi connectivity index (χ0) is 17.2. The molecule has 1 N–H and O–H groups in total. The quantitative estimate of drug-likeness (QED) is 0.892. The molecule has 2 aliphatic rings. The van der Waals surface area contributed by atoms with Crippen LogP contribution in [0.3, 0.4) is 0 Å². The molecule has 2 aliphatic heterocycles. The van der Waals surface area contributed by atoms with Crippen LogP contribution in [-0.4, -0.2) is 45.4 Å². The van der Waals surface area contributed by atoms with Crippen LogP contribution >= 0.6 is 11.8 Å². The number of benzene rings is 1. The van der Waals surface area contributed by atoms with Gasteiger partial charge in [-0.3, -0.25) is 0 Å². The van der Waals surface area contributed by atoms with Crippen molar-refractivity contribution in [3.8, 4) is 5.75 Å². The van der Waals surface area contributed by atoms with Gasteiger partial charge in [0.05, 0.1) is 25.3 Å². The summed E-state index contributed by atoms with van der Waals surface area (Å²) < 4.78 is 8.16. The molecule has 132 valence electrons. The third-order valence-electron chi connectivity index (χ3n) is 4.56. The van der Waals surface area contributed by atoms with Gasteiger partial charge in [0.2, 0.25) is 0 Å². The summed E-state index contributed by atoms with van der Waals surface area (Å²) in [5.74, 6) is 2.02. The maximum Gasteiger partial charge on any atom is 0.317 e. The molecule has 7 heteroatoms. The van der Waals surface area contributed by atoms with Crippen LogP contribution in [0.5, 0.6) is 5.75 Å². The monoisotopic (exact) mass is 358 g/mol. The third-order valence-corrected chi connectivity index (χ3v) is 5.53. The van der Waals surface area contributed by atoms with Crippen LogP contribution in [0.1, 0.15) is 18.2 Å². The number of amides is 2. The number of fused-ring (bicyclic) bond motifs is 1. The SMILES string of the molecule is CCc1ccccc1OC1CN(C(=O)NCc2cn3c(n2)SCC3)C1. The second kappa shape index (κ2) is 7.00.